The highest BCUT2D eigenvalue weighted by Crippen LogP contribution is 2.27. The monoisotopic (exact) mass is 251 g/mol. The van der Waals surface area contributed by atoms with Gasteiger partial charge >= 0.3 is 5.97 Å². The second-order valence-electron chi connectivity index (χ2n) is 2.82. The Bertz CT molecular complexity index is 487. The molecular formula is C7H9NO5S2. The Kier molecular flexibility index (Phi) is 3.14. The number of sulfonamides is 1. The molecule has 0 radical (unpaired) electrons. The molecule has 0 aromatic carbocycles. The number of rotatable bonds is 3. The molecule has 0 aliphatic heterocycles. The zero-order chi connectivity index (χ0) is 11.8. The molecule has 0 fully saturated rings. The van der Waals surface area contributed by atoms with Crippen molar-refractivity contribution in [3.63, 3.8) is 0 Å². The first-order valence-electron chi connectivity index (χ1n) is 3.78. The van der Waals surface area contributed by atoms with Crippen molar-refractivity contribution in [3.8, 4) is 0 Å². The van der Waals surface area contributed by atoms with Gasteiger partial charge in [0.15, 0.2) is 0 Å². The van der Waals surface area contributed by atoms with E-state index in [9.17, 15) is 13.2 Å². The lowest BCUT2D eigenvalue weighted by Gasteiger charge is -2.06. The molecule has 0 unspecified atom stereocenters. The Balaban J connectivity index is 3.31. The van der Waals surface area contributed by atoms with Crippen molar-refractivity contribution in [2.24, 2.45) is 0 Å². The van der Waals surface area contributed by atoms with E-state index in [0.29, 0.717) is 16.9 Å². The standard InChI is InChI=1S/C7H9NO5S2/c1-4-3-5(14-6(4)7(9)10)15(12,13)8(2)11/h3,11H,1-2H3,(H,9,10). The highest BCUT2D eigenvalue weighted by atomic mass is 32.2. The van der Waals surface area contributed by atoms with Crippen molar-refractivity contribution in [1.29, 1.82) is 0 Å². The summed E-state index contributed by atoms with van der Waals surface area (Å²) in [4.78, 5) is 10.6. The van der Waals surface area contributed by atoms with Crippen molar-refractivity contribution in [2.75, 3.05) is 7.05 Å². The molecule has 0 amide bonds. The Hall–Kier alpha value is -0.960. The maximum absolute atomic E-state index is 11.4. The Labute approximate surface area is 90.4 Å². The van der Waals surface area contributed by atoms with Crippen LogP contribution in [0, 0.1) is 6.92 Å². The van der Waals surface area contributed by atoms with Gasteiger partial charge < -0.3 is 5.11 Å². The van der Waals surface area contributed by atoms with E-state index in [1.165, 1.54) is 13.0 Å². The lowest BCUT2D eigenvalue weighted by atomic mass is 10.3. The van der Waals surface area contributed by atoms with Gasteiger partial charge in [0.25, 0.3) is 10.0 Å². The first kappa shape index (κ1) is 12.1. The molecule has 6 nitrogen and oxygen atoms in total. The predicted octanol–water partition coefficient (Wildman–Crippen LogP) is 0.764. The molecule has 1 rings (SSSR count). The number of nitrogens with zero attached hydrogens (tertiary/aromatic N) is 1. The maximum Gasteiger partial charge on any atom is 0.346 e. The van der Waals surface area contributed by atoms with Gasteiger partial charge in [-0.3, -0.25) is 5.21 Å². The SMILES string of the molecule is Cc1cc(S(=O)(=O)N(C)O)sc1C(=O)O. The number of thiophene rings is 1. The number of aromatic carboxylic acids is 1. The number of aryl methyl sites for hydroxylation is 1. The largest absolute Gasteiger partial charge is 0.477 e. The molecule has 8 heteroatoms. The van der Waals surface area contributed by atoms with Crippen LogP contribution in [0.4, 0.5) is 0 Å². The summed E-state index contributed by atoms with van der Waals surface area (Å²) >= 11 is 0.614. The molecule has 0 spiro atoms. The number of carboxylic acids is 1. The Morgan fingerprint density at radius 1 is 1.53 bits per heavy atom. The van der Waals surface area contributed by atoms with Crippen LogP contribution in [0.1, 0.15) is 15.2 Å². The van der Waals surface area contributed by atoms with Gasteiger partial charge in [-0.2, -0.15) is 0 Å². The third kappa shape index (κ3) is 2.17. The summed E-state index contributed by atoms with van der Waals surface area (Å²) in [6, 6.07) is 1.22. The van der Waals surface area contributed by atoms with E-state index in [1.54, 1.807) is 0 Å². The van der Waals surface area contributed by atoms with Crippen LogP contribution in [0.2, 0.25) is 0 Å². The van der Waals surface area contributed by atoms with Crippen LogP contribution >= 0.6 is 11.3 Å². The van der Waals surface area contributed by atoms with Gasteiger partial charge in [-0.05, 0) is 18.6 Å². The molecular weight excluding hydrogens is 242 g/mol. The quantitative estimate of drug-likeness (QED) is 0.773. The van der Waals surface area contributed by atoms with E-state index >= 15 is 0 Å². The summed E-state index contributed by atoms with van der Waals surface area (Å²) in [6.45, 7) is 1.50. The van der Waals surface area contributed by atoms with Crippen molar-refractivity contribution < 1.29 is 23.5 Å². The van der Waals surface area contributed by atoms with Crippen LogP contribution in [0.5, 0.6) is 0 Å². The average Bonchev–Trinajstić information content (AvgIpc) is 2.47. The van der Waals surface area contributed by atoms with Gasteiger partial charge in [-0.1, -0.05) is 4.47 Å². The van der Waals surface area contributed by atoms with Crippen LogP contribution in [0.15, 0.2) is 10.3 Å². The average molecular weight is 251 g/mol. The first-order chi connectivity index (χ1) is 6.76. The maximum atomic E-state index is 11.4. The molecule has 1 aromatic heterocycles. The summed E-state index contributed by atoms with van der Waals surface area (Å²) in [5.41, 5.74) is 0.355. The van der Waals surface area contributed by atoms with E-state index in [-0.39, 0.29) is 13.6 Å². The summed E-state index contributed by atoms with van der Waals surface area (Å²) in [5, 5.41) is 17.6. The summed E-state index contributed by atoms with van der Waals surface area (Å²) in [6.07, 6.45) is 0. The second-order valence-corrected chi connectivity index (χ2v) is 6.05. The fraction of sp³-hybridized carbons (Fsp3) is 0.286. The van der Waals surface area contributed by atoms with E-state index < -0.39 is 16.0 Å². The molecule has 0 aliphatic rings. The van der Waals surface area contributed by atoms with E-state index in [2.05, 4.69) is 0 Å². The predicted molar refractivity (Wildman–Crippen MR) is 52.8 cm³/mol. The molecule has 1 heterocycles. The summed E-state index contributed by atoms with van der Waals surface area (Å²) in [7, 11) is -3.00. The molecule has 2 N–H and O–H groups in total. The number of carbonyl (C=O) groups is 1. The fourth-order valence-corrected chi connectivity index (χ4v) is 3.25. The zero-order valence-corrected chi connectivity index (χ0v) is 9.59. The van der Waals surface area contributed by atoms with Crippen LogP contribution in [-0.2, 0) is 10.0 Å². The van der Waals surface area contributed by atoms with Crippen molar-refractivity contribution >= 4 is 27.3 Å². The lowest BCUT2D eigenvalue weighted by molar-refractivity contribution is 0.0312. The van der Waals surface area contributed by atoms with Crippen LogP contribution in [-0.4, -0.2) is 36.2 Å². The minimum Gasteiger partial charge on any atom is -0.477 e. The van der Waals surface area contributed by atoms with Crippen LogP contribution < -0.4 is 0 Å². The molecule has 0 bridgehead atoms. The highest BCUT2D eigenvalue weighted by molar-refractivity contribution is 7.91. The van der Waals surface area contributed by atoms with Gasteiger partial charge in [-0.25, -0.2) is 13.2 Å². The van der Waals surface area contributed by atoms with Gasteiger partial charge in [-0.15, -0.1) is 11.3 Å². The molecule has 0 saturated heterocycles. The zero-order valence-electron chi connectivity index (χ0n) is 7.96. The van der Waals surface area contributed by atoms with Crippen molar-refractivity contribution in [2.45, 2.75) is 11.1 Å². The molecule has 1 aromatic rings. The summed E-state index contributed by atoms with van der Waals surface area (Å²) in [5.74, 6) is -1.18. The molecule has 84 valence electrons. The molecule has 0 atom stereocenters. The Morgan fingerprint density at radius 3 is 2.40 bits per heavy atom. The van der Waals surface area contributed by atoms with E-state index in [4.69, 9.17) is 10.3 Å². The fourth-order valence-electron chi connectivity index (χ4n) is 0.923. The first-order valence-corrected chi connectivity index (χ1v) is 6.04. The third-order valence-corrected chi connectivity index (χ3v) is 4.92. The third-order valence-electron chi connectivity index (χ3n) is 1.69. The second kappa shape index (κ2) is 3.89. The minimum atomic E-state index is -3.97. The minimum absolute atomic E-state index is 0.0459. The van der Waals surface area contributed by atoms with E-state index in [1.807, 2.05) is 0 Å². The van der Waals surface area contributed by atoms with Gasteiger partial charge in [0, 0.05) is 7.05 Å². The normalized spacial score (nSPS) is 12.0. The number of hydroxylamine groups is 1. The number of hydrogen-bond donors (Lipinski definition) is 2. The van der Waals surface area contributed by atoms with Crippen LogP contribution in [0.3, 0.4) is 0 Å². The molecule has 0 aliphatic carbocycles. The number of hydrogen-bond acceptors (Lipinski definition) is 5. The lowest BCUT2D eigenvalue weighted by Crippen LogP contribution is -2.21. The van der Waals surface area contributed by atoms with Crippen molar-refractivity contribution in [1.82, 2.24) is 4.47 Å². The number of carboxylic acid groups (broad SMARTS) is 1. The van der Waals surface area contributed by atoms with Gasteiger partial charge in [0.05, 0.1) is 0 Å². The van der Waals surface area contributed by atoms with Crippen molar-refractivity contribution in [3.05, 3.63) is 16.5 Å². The van der Waals surface area contributed by atoms with Crippen LogP contribution in [0.25, 0.3) is 0 Å². The topological polar surface area (TPSA) is 94.9 Å². The van der Waals surface area contributed by atoms with Gasteiger partial charge in [0.1, 0.15) is 9.09 Å². The summed E-state index contributed by atoms with van der Waals surface area (Å²) < 4.78 is 22.7. The molecule has 15 heavy (non-hydrogen) atoms. The highest BCUT2D eigenvalue weighted by Gasteiger charge is 2.24. The van der Waals surface area contributed by atoms with Gasteiger partial charge in [0.2, 0.25) is 0 Å². The molecule has 0 saturated carbocycles. The smallest absolute Gasteiger partial charge is 0.346 e. The van der Waals surface area contributed by atoms with E-state index in [0.717, 1.165) is 7.05 Å². The Morgan fingerprint density at radius 2 is 2.07 bits per heavy atom.